The van der Waals surface area contributed by atoms with Gasteiger partial charge in [-0.05, 0) is 36.6 Å². The van der Waals surface area contributed by atoms with Crippen molar-refractivity contribution >= 4 is 28.6 Å². The van der Waals surface area contributed by atoms with Crippen LogP contribution in [0.2, 0.25) is 0 Å². The molecule has 0 aliphatic heterocycles. The molecule has 7 heteroatoms. The van der Waals surface area contributed by atoms with Crippen LogP contribution in [0.15, 0.2) is 40.4 Å². The van der Waals surface area contributed by atoms with Crippen LogP contribution in [0, 0.1) is 0 Å². The lowest BCUT2D eigenvalue weighted by atomic mass is 10.2. The minimum atomic E-state index is -0.423. The molecule has 5 nitrogen and oxygen atoms in total. The van der Waals surface area contributed by atoms with E-state index in [9.17, 15) is 4.79 Å². The molecule has 0 atom stereocenters. The normalized spacial score (nSPS) is 10.5. The minimum Gasteiger partial charge on any atom is -0.493 e. The van der Waals surface area contributed by atoms with Gasteiger partial charge in [0.1, 0.15) is 11.6 Å². The monoisotopic (exact) mass is 375 g/mol. The second-order valence-electron chi connectivity index (χ2n) is 5.03. The number of carbonyl (C=O) groups is 1. The van der Waals surface area contributed by atoms with E-state index in [1.807, 2.05) is 29.1 Å². The van der Waals surface area contributed by atoms with Gasteiger partial charge in [-0.1, -0.05) is 0 Å². The highest BCUT2D eigenvalue weighted by Crippen LogP contribution is 2.29. The maximum atomic E-state index is 12.3. The zero-order valence-electron chi connectivity index (χ0n) is 13.9. The largest absolute Gasteiger partial charge is 0.493 e. The zero-order valence-corrected chi connectivity index (χ0v) is 15.5. The van der Waals surface area contributed by atoms with Crippen LogP contribution < -0.4 is 9.47 Å². The first-order valence-corrected chi connectivity index (χ1v) is 9.48. The van der Waals surface area contributed by atoms with E-state index < -0.39 is 5.97 Å². The molecular formula is C18H17NO4S2. The topological polar surface area (TPSA) is 57.7 Å². The molecule has 3 rings (SSSR count). The molecule has 0 fully saturated rings. The molecule has 3 aromatic rings. The minimum absolute atomic E-state index is 0.134. The molecule has 0 saturated carbocycles. The molecule has 130 valence electrons. The molecule has 0 amide bonds. The Morgan fingerprint density at radius 3 is 2.80 bits per heavy atom. The van der Waals surface area contributed by atoms with Crippen molar-refractivity contribution in [1.29, 1.82) is 0 Å². The highest BCUT2D eigenvalue weighted by Gasteiger charge is 2.13. The van der Waals surface area contributed by atoms with E-state index in [4.69, 9.17) is 14.2 Å². The quantitative estimate of drug-likeness (QED) is 0.563. The Balaban J connectivity index is 1.65. The van der Waals surface area contributed by atoms with Crippen molar-refractivity contribution in [3.05, 3.63) is 51.7 Å². The average molecular weight is 375 g/mol. The van der Waals surface area contributed by atoms with Crippen LogP contribution in [-0.4, -0.2) is 24.7 Å². The summed E-state index contributed by atoms with van der Waals surface area (Å²) in [5.74, 6) is 0.680. The summed E-state index contributed by atoms with van der Waals surface area (Å²) in [7, 11) is 1.56. The third kappa shape index (κ3) is 4.18. The third-order valence-corrected chi connectivity index (χ3v) is 4.99. The standard InChI is InChI=1S/C18H17NO4S2/c1-3-22-16-8-12(4-5-15(16)21-2)18(20)23-9-14-11-25-17(19-14)13-6-7-24-10-13/h4-8,10-11H,3,9H2,1-2H3. The highest BCUT2D eigenvalue weighted by molar-refractivity contribution is 7.14. The number of benzene rings is 1. The van der Waals surface area contributed by atoms with Crippen molar-refractivity contribution in [2.24, 2.45) is 0 Å². The lowest BCUT2D eigenvalue weighted by molar-refractivity contribution is 0.0468. The predicted octanol–water partition coefficient (Wildman–Crippen LogP) is 4.64. The van der Waals surface area contributed by atoms with Crippen LogP contribution in [0.5, 0.6) is 11.5 Å². The summed E-state index contributed by atoms with van der Waals surface area (Å²) in [6.07, 6.45) is 0. The number of thiazole rings is 1. The Morgan fingerprint density at radius 1 is 1.20 bits per heavy atom. The first kappa shape index (κ1) is 17.4. The first-order valence-electron chi connectivity index (χ1n) is 7.66. The van der Waals surface area contributed by atoms with Crippen LogP contribution in [-0.2, 0) is 11.3 Å². The van der Waals surface area contributed by atoms with Crippen LogP contribution >= 0.6 is 22.7 Å². The number of esters is 1. The van der Waals surface area contributed by atoms with Gasteiger partial charge in [0.15, 0.2) is 11.5 Å². The number of thiophene rings is 1. The van der Waals surface area contributed by atoms with Gasteiger partial charge < -0.3 is 14.2 Å². The van der Waals surface area contributed by atoms with Gasteiger partial charge in [-0.15, -0.1) is 11.3 Å². The van der Waals surface area contributed by atoms with Gasteiger partial charge in [0.25, 0.3) is 0 Å². The fourth-order valence-electron chi connectivity index (χ4n) is 2.19. The Morgan fingerprint density at radius 2 is 2.08 bits per heavy atom. The smallest absolute Gasteiger partial charge is 0.338 e. The maximum absolute atomic E-state index is 12.3. The summed E-state index contributed by atoms with van der Waals surface area (Å²) in [5, 5.41) is 6.88. The molecule has 2 heterocycles. The summed E-state index contributed by atoms with van der Waals surface area (Å²) in [5.41, 5.74) is 2.24. The number of hydrogen-bond acceptors (Lipinski definition) is 7. The first-order chi connectivity index (χ1) is 12.2. The van der Waals surface area contributed by atoms with Crippen LogP contribution in [0.4, 0.5) is 0 Å². The van der Waals surface area contributed by atoms with Gasteiger partial charge in [-0.3, -0.25) is 0 Å². The number of nitrogens with zero attached hydrogens (tertiary/aromatic N) is 1. The average Bonchev–Trinajstić information content (AvgIpc) is 3.31. The van der Waals surface area contributed by atoms with Crippen molar-refractivity contribution in [2.75, 3.05) is 13.7 Å². The second kappa shape index (κ2) is 8.13. The summed E-state index contributed by atoms with van der Waals surface area (Å²) >= 11 is 3.16. The molecule has 25 heavy (non-hydrogen) atoms. The summed E-state index contributed by atoms with van der Waals surface area (Å²) in [6, 6.07) is 7.00. The molecule has 2 aromatic heterocycles. The summed E-state index contributed by atoms with van der Waals surface area (Å²) < 4.78 is 16.1. The highest BCUT2D eigenvalue weighted by atomic mass is 32.1. The number of aromatic nitrogens is 1. The lowest BCUT2D eigenvalue weighted by Gasteiger charge is -2.10. The number of carbonyl (C=O) groups excluding carboxylic acids is 1. The molecule has 0 aliphatic rings. The maximum Gasteiger partial charge on any atom is 0.338 e. The van der Waals surface area contributed by atoms with Crippen molar-refractivity contribution in [1.82, 2.24) is 4.98 Å². The number of methoxy groups -OCH3 is 1. The molecular weight excluding hydrogens is 358 g/mol. The molecule has 0 aliphatic carbocycles. The van der Waals surface area contributed by atoms with Crippen molar-refractivity contribution < 1.29 is 19.0 Å². The van der Waals surface area contributed by atoms with E-state index in [1.54, 1.807) is 36.6 Å². The fourth-order valence-corrected chi connectivity index (χ4v) is 3.70. The van der Waals surface area contributed by atoms with E-state index in [0.29, 0.717) is 23.7 Å². The lowest BCUT2D eigenvalue weighted by Crippen LogP contribution is -2.06. The van der Waals surface area contributed by atoms with E-state index in [2.05, 4.69) is 4.98 Å². The van der Waals surface area contributed by atoms with Crippen molar-refractivity contribution in [3.8, 4) is 22.1 Å². The molecule has 0 bridgehead atoms. The van der Waals surface area contributed by atoms with Gasteiger partial charge in [0.05, 0.1) is 25.0 Å². The fraction of sp³-hybridized carbons (Fsp3) is 0.222. The SMILES string of the molecule is CCOc1cc(C(=O)OCc2csc(-c3ccsc3)n2)ccc1OC. The summed E-state index contributed by atoms with van der Waals surface area (Å²) in [6.45, 7) is 2.49. The molecule has 0 N–H and O–H groups in total. The molecule has 0 spiro atoms. The van der Waals surface area contributed by atoms with E-state index in [0.717, 1.165) is 16.3 Å². The third-order valence-electron chi connectivity index (χ3n) is 3.37. The van der Waals surface area contributed by atoms with Crippen LogP contribution in [0.1, 0.15) is 23.0 Å². The molecule has 0 saturated heterocycles. The van der Waals surface area contributed by atoms with Gasteiger partial charge in [-0.2, -0.15) is 11.3 Å². The van der Waals surface area contributed by atoms with Crippen LogP contribution in [0.3, 0.4) is 0 Å². The summed E-state index contributed by atoms with van der Waals surface area (Å²) in [4.78, 5) is 16.8. The number of ether oxygens (including phenoxy) is 3. The van der Waals surface area contributed by atoms with Gasteiger partial charge in [-0.25, -0.2) is 9.78 Å². The second-order valence-corrected chi connectivity index (χ2v) is 6.67. The molecule has 1 aromatic carbocycles. The van der Waals surface area contributed by atoms with E-state index >= 15 is 0 Å². The number of hydrogen-bond donors (Lipinski definition) is 0. The van der Waals surface area contributed by atoms with E-state index in [-0.39, 0.29) is 6.61 Å². The Hall–Kier alpha value is -2.38. The Kier molecular flexibility index (Phi) is 5.67. The van der Waals surface area contributed by atoms with E-state index in [1.165, 1.54) is 11.3 Å². The van der Waals surface area contributed by atoms with Gasteiger partial charge in [0.2, 0.25) is 0 Å². The zero-order chi connectivity index (χ0) is 17.6. The molecule has 0 radical (unpaired) electrons. The number of rotatable bonds is 7. The van der Waals surface area contributed by atoms with Gasteiger partial charge >= 0.3 is 5.97 Å². The molecule has 0 unspecified atom stereocenters. The van der Waals surface area contributed by atoms with Crippen LogP contribution in [0.25, 0.3) is 10.6 Å². The Labute approximate surface area is 153 Å². The van der Waals surface area contributed by atoms with Gasteiger partial charge in [0, 0.05) is 16.3 Å². The van der Waals surface area contributed by atoms with Crippen molar-refractivity contribution in [3.63, 3.8) is 0 Å². The Bertz CT molecular complexity index is 843. The predicted molar refractivity (Wildman–Crippen MR) is 98.7 cm³/mol. The van der Waals surface area contributed by atoms with Crippen molar-refractivity contribution in [2.45, 2.75) is 13.5 Å².